The van der Waals surface area contributed by atoms with Crippen molar-refractivity contribution in [2.24, 2.45) is 0 Å². The van der Waals surface area contributed by atoms with E-state index in [9.17, 15) is 19.0 Å². The fraction of sp³-hybridized carbons (Fsp3) is 0.644. The van der Waals surface area contributed by atoms with Gasteiger partial charge in [-0.3, -0.25) is 18.6 Å². The van der Waals surface area contributed by atoms with Crippen molar-refractivity contribution in [3.8, 4) is 0 Å². The molecule has 0 aliphatic heterocycles. The molecule has 2 unspecified atom stereocenters. The molecule has 0 heterocycles. The van der Waals surface area contributed by atoms with E-state index in [0.717, 1.165) is 77.0 Å². The summed E-state index contributed by atoms with van der Waals surface area (Å²) in [6, 6.07) is 0. The van der Waals surface area contributed by atoms with Crippen LogP contribution in [0.5, 0.6) is 0 Å². The Bertz CT molecular complexity index is 1190. The topological polar surface area (TPSA) is 112 Å². The van der Waals surface area contributed by atoms with Gasteiger partial charge in [-0.15, -0.1) is 0 Å². The minimum Gasteiger partial charge on any atom is -0.462 e. The molecule has 0 aromatic rings. The van der Waals surface area contributed by atoms with Crippen molar-refractivity contribution in [2.75, 3.05) is 40.5 Å². The van der Waals surface area contributed by atoms with Gasteiger partial charge in [0, 0.05) is 19.4 Å². The number of carbonyl (C=O) groups is 2. The van der Waals surface area contributed by atoms with Crippen LogP contribution >= 0.6 is 7.82 Å². The van der Waals surface area contributed by atoms with Crippen molar-refractivity contribution in [1.82, 2.24) is 4.90 Å². The van der Waals surface area contributed by atoms with Gasteiger partial charge in [-0.2, -0.15) is 0 Å². The predicted molar refractivity (Wildman–Crippen MR) is 229 cm³/mol. The Morgan fingerprint density at radius 3 is 1.56 bits per heavy atom. The number of likely N-dealkylation sites (N-methyl/N-ethyl adjacent to an activating group) is 1. The SMILES string of the molecule is CC/C=C\C/C=C\C/C=C\C/C=C\CCCCC(=O)OC(COC(=O)CCCCCC/C=C\C/C=C\C/C=C\CCCCC)COP(=O)(O)OCCN(C)C. The summed E-state index contributed by atoms with van der Waals surface area (Å²) >= 11 is 0. The van der Waals surface area contributed by atoms with Crippen LogP contribution in [0.25, 0.3) is 0 Å². The molecule has 0 fully saturated rings. The zero-order valence-corrected chi connectivity index (χ0v) is 35.7. The number of unbranched alkanes of at least 4 members (excludes halogenated alkanes) is 9. The van der Waals surface area contributed by atoms with Gasteiger partial charge >= 0.3 is 19.8 Å². The van der Waals surface area contributed by atoms with Gasteiger partial charge in [0.15, 0.2) is 6.10 Å². The summed E-state index contributed by atoms with van der Waals surface area (Å²) in [5.74, 6) is -0.887. The molecule has 0 radical (unpaired) electrons. The molecule has 0 spiro atoms. The third-order valence-corrected chi connectivity index (χ3v) is 9.17. The van der Waals surface area contributed by atoms with E-state index >= 15 is 0 Å². The number of carbonyl (C=O) groups excluding carboxylic acids is 2. The Morgan fingerprint density at radius 1 is 0.582 bits per heavy atom. The minimum absolute atomic E-state index is 0.00944. The number of esters is 2. The first-order valence-electron chi connectivity index (χ1n) is 20.9. The molecule has 1 N–H and O–H groups in total. The Labute approximate surface area is 335 Å². The largest absolute Gasteiger partial charge is 0.472 e. The number of hydrogen-bond donors (Lipinski definition) is 1. The third kappa shape index (κ3) is 40.7. The average Bonchev–Trinajstić information content (AvgIpc) is 3.15. The Hall–Kier alpha value is -2.81. The molecule has 0 aromatic heterocycles. The molecular weight excluding hydrogens is 713 g/mol. The fourth-order valence-corrected chi connectivity index (χ4v) is 5.72. The van der Waals surface area contributed by atoms with Crippen molar-refractivity contribution in [2.45, 2.75) is 148 Å². The first-order valence-corrected chi connectivity index (χ1v) is 22.4. The van der Waals surface area contributed by atoms with Crippen LogP contribution in [0, 0.1) is 0 Å². The molecule has 0 bridgehead atoms. The summed E-state index contributed by atoms with van der Waals surface area (Å²) in [6.07, 6.45) is 47.7. The summed E-state index contributed by atoms with van der Waals surface area (Å²) in [5.41, 5.74) is 0. The molecule has 10 heteroatoms. The van der Waals surface area contributed by atoms with Crippen molar-refractivity contribution >= 4 is 19.8 Å². The van der Waals surface area contributed by atoms with Crippen molar-refractivity contribution in [3.63, 3.8) is 0 Å². The number of ether oxygens (including phenoxy) is 2. The lowest BCUT2D eigenvalue weighted by Gasteiger charge is -2.20. The van der Waals surface area contributed by atoms with Gasteiger partial charge in [-0.25, -0.2) is 4.57 Å². The van der Waals surface area contributed by atoms with E-state index in [1.54, 1.807) is 4.90 Å². The van der Waals surface area contributed by atoms with Gasteiger partial charge in [0.25, 0.3) is 0 Å². The average molecular weight is 790 g/mol. The van der Waals surface area contributed by atoms with Gasteiger partial charge in [0.05, 0.1) is 13.2 Å². The Morgan fingerprint density at radius 2 is 1.04 bits per heavy atom. The smallest absolute Gasteiger partial charge is 0.462 e. The van der Waals surface area contributed by atoms with E-state index in [0.29, 0.717) is 19.4 Å². The lowest BCUT2D eigenvalue weighted by Crippen LogP contribution is -2.29. The van der Waals surface area contributed by atoms with Crippen molar-refractivity contribution in [1.29, 1.82) is 0 Å². The number of rotatable bonds is 37. The summed E-state index contributed by atoms with van der Waals surface area (Å²) in [7, 11) is -0.756. The van der Waals surface area contributed by atoms with Crippen LogP contribution in [-0.2, 0) is 32.7 Å². The second-order valence-corrected chi connectivity index (χ2v) is 15.2. The number of phosphoric acid groups is 1. The van der Waals surface area contributed by atoms with E-state index in [1.165, 1.54) is 25.7 Å². The highest BCUT2D eigenvalue weighted by Crippen LogP contribution is 2.43. The van der Waals surface area contributed by atoms with Gasteiger partial charge in [0.2, 0.25) is 0 Å². The van der Waals surface area contributed by atoms with E-state index in [4.69, 9.17) is 18.5 Å². The molecule has 9 nitrogen and oxygen atoms in total. The molecule has 0 amide bonds. The molecule has 0 saturated heterocycles. The molecule has 0 aromatic carbocycles. The Kier molecular flexibility index (Phi) is 37.4. The quantitative estimate of drug-likeness (QED) is 0.0284. The predicted octanol–water partition coefficient (Wildman–Crippen LogP) is 11.9. The van der Waals surface area contributed by atoms with Crippen LogP contribution < -0.4 is 0 Å². The van der Waals surface area contributed by atoms with Crippen LogP contribution in [0.2, 0.25) is 0 Å². The molecule has 0 aliphatic carbocycles. The molecule has 0 aliphatic rings. The van der Waals surface area contributed by atoms with E-state index in [-0.39, 0.29) is 26.1 Å². The molecule has 314 valence electrons. The maximum atomic E-state index is 12.6. The number of phosphoric ester groups is 1. The highest BCUT2D eigenvalue weighted by Gasteiger charge is 2.26. The normalized spacial score (nSPS) is 14.3. The number of hydrogen-bond acceptors (Lipinski definition) is 8. The zero-order valence-electron chi connectivity index (χ0n) is 34.8. The maximum absolute atomic E-state index is 12.6. The van der Waals surface area contributed by atoms with Crippen molar-refractivity contribution in [3.05, 3.63) is 85.1 Å². The second kappa shape index (κ2) is 39.4. The molecular formula is C45H76NO8P. The fourth-order valence-electron chi connectivity index (χ4n) is 4.98. The number of allylic oxidation sites excluding steroid dienone is 14. The number of nitrogens with zero attached hydrogens (tertiary/aromatic N) is 1. The van der Waals surface area contributed by atoms with Crippen LogP contribution in [-0.4, -0.2) is 68.3 Å². The highest BCUT2D eigenvalue weighted by molar-refractivity contribution is 7.47. The van der Waals surface area contributed by atoms with Gasteiger partial charge in [-0.1, -0.05) is 125 Å². The van der Waals surface area contributed by atoms with E-state index in [2.05, 4.69) is 98.9 Å². The Balaban J connectivity index is 4.45. The summed E-state index contributed by atoms with van der Waals surface area (Å²) in [5, 5.41) is 0. The second-order valence-electron chi connectivity index (χ2n) is 13.8. The first kappa shape index (κ1) is 52.2. The van der Waals surface area contributed by atoms with E-state index in [1.807, 2.05) is 14.1 Å². The summed E-state index contributed by atoms with van der Waals surface area (Å²) in [4.78, 5) is 36.9. The first-order chi connectivity index (χ1) is 26.7. The lowest BCUT2D eigenvalue weighted by molar-refractivity contribution is -0.161. The molecule has 55 heavy (non-hydrogen) atoms. The molecule has 0 saturated carbocycles. The standard InChI is InChI=1S/C45H76NO8P/c1-5-7-9-11-13-15-17-19-21-22-24-25-27-29-31-33-35-37-44(47)51-41-43(42-53-55(49,50)52-40-39-46(3)4)54-45(48)38-36-34-32-30-28-26-23-20-18-16-14-12-10-8-6-2/h8,10,13-16,19-21,23-25,28,30,43H,5-7,9,11-12,17-18,22,26-27,29,31-42H2,1-4H3,(H,49,50)/b10-8-,15-13-,16-14-,21-19-,23-20-,25-24-,30-28-. The molecule has 2 atom stereocenters. The lowest BCUT2D eigenvalue weighted by atomic mass is 10.1. The minimum atomic E-state index is -4.38. The van der Waals surface area contributed by atoms with Gasteiger partial charge in [0.1, 0.15) is 6.61 Å². The van der Waals surface area contributed by atoms with Crippen molar-refractivity contribution < 1.29 is 37.6 Å². The van der Waals surface area contributed by atoms with Gasteiger partial charge in [-0.05, 0) is 104 Å². The van der Waals surface area contributed by atoms with Crippen LogP contribution in [0.1, 0.15) is 142 Å². The summed E-state index contributed by atoms with van der Waals surface area (Å²) in [6.45, 7) is 4.07. The zero-order chi connectivity index (χ0) is 40.5. The molecule has 0 rings (SSSR count). The van der Waals surface area contributed by atoms with Crippen LogP contribution in [0.3, 0.4) is 0 Å². The highest BCUT2D eigenvalue weighted by atomic mass is 31.2. The summed E-state index contributed by atoms with van der Waals surface area (Å²) < 4.78 is 33.4. The van der Waals surface area contributed by atoms with E-state index < -0.39 is 32.5 Å². The van der Waals surface area contributed by atoms with Gasteiger partial charge < -0.3 is 19.3 Å². The van der Waals surface area contributed by atoms with Crippen LogP contribution in [0.4, 0.5) is 0 Å². The maximum Gasteiger partial charge on any atom is 0.472 e. The van der Waals surface area contributed by atoms with Crippen LogP contribution in [0.15, 0.2) is 85.1 Å². The monoisotopic (exact) mass is 790 g/mol. The third-order valence-electron chi connectivity index (χ3n) is 8.19.